The summed E-state index contributed by atoms with van der Waals surface area (Å²) in [7, 11) is 1.81. The Labute approximate surface area is 192 Å². The lowest BCUT2D eigenvalue weighted by Crippen LogP contribution is -2.17. The molecule has 166 valence electrons. The van der Waals surface area contributed by atoms with Gasteiger partial charge in [0.15, 0.2) is 6.79 Å². The van der Waals surface area contributed by atoms with Crippen molar-refractivity contribution in [2.24, 2.45) is 11.8 Å². The number of methoxy groups -OCH3 is 1. The maximum absolute atomic E-state index is 14.5. The number of allylic oxidation sites excluding steroid dienone is 8. The zero-order chi connectivity index (χ0) is 22.2. The smallest absolute Gasteiger partial charge is 0.188 e. The van der Waals surface area contributed by atoms with E-state index in [9.17, 15) is 4.39 Å². The van der Waals surface area contributed by atoms with Crippen LogP contribution in [0.3, 0.4) is 0 Å². The van der Waals surface area contributed by atoms with Gasteiger partial charge in [-0.25, -0.2) is 4.39 Å². The summed E-state index contributed by atoms with van der Waals surface area (Å²) in [5.74, 6) is 1.60. The lowest BCUT2D eigenvalue weighted by atomic mass is 9.89. The first-order chi connectivity index (χ1) is 15.7. The molecular formula is C28H30FO2P. The number of ether oxygens (including phenoxy) is 2. The molecule has 3 atom stereocenters. The molecule has 2 aromatic carbocycles. The van der Waals surface area contributed by atoms with Crippen LogP contribution in [-0.4, -0.2) is 13.9 Å². The first-order valence-corrected chi connectivity index (χ1v) is 12.2. The van der Waals surface area contributed by atoms with Crippen LogP contribution >= 0.6 is 8.58 Å². The lowest BCUT2D eigenvalue weighted by Gasteiger charge is -2.22. The van der Waals surface area contributed by atoms with Crippen LogP contribution in [-0.2, 0) is 17.6 Å². The Balaban J connectivity index is 1.71. The van der Waals surface area contributed by atoms with Gasteiger partial charge in [0, 0.05) is 17.7 Å². The van der Waals surface area contributed by atoms with Crippen molar-refractivity contribution in [3.63, 3.8) is 0 Å². The van der Waals surface area contributed by atoms with Crippen LogP contribution in [0.15, 0.2) is 85.0 Å². The quantitative estimate of drug-likeness (QED) is 0.357. The molecule has 4 heteroatoms. The minimum atomic E-state index is -0.170. The van der Waals surface area contributed by atoms with Crippen LogP contribution < -0.4 is 15.3 Å². The fourth-order valence-corrected chi connectivity index (χ4v) is 5.54. The van der Waals surface area contributed by atoms with Gasteiger partial charge in [0.2, 0.25) is 0 Å². The minimum absolute atomic E-state index is 0.170. The lowest BCUT2D eigenvalue weighted by molar-refractivity contribution is 0.0511. The Bertz CT molecular complexity index is 1040. The van der Waals surface area contributed by atoms with Crippen LogP contribution in [0.25, 0.3) is 0 Å². The molecular weight excluding hydrogens is 418 g/mol. The monoisotopic (exact) mass is 448 g/mol. The van der Waals surface area contributed by atoms with E-state index < -0.39 is 0 Å². The van der Waals surface area contributed by atoms with E-state index in [0.29, 0.717) is 17.1 Å². The first kappa shape index (κ1) is 22.7. The first-order valence-electron chi connectivity index (χ1n) is 11.2. The van der Waals surface area contributed by atoms with Gasteiger partial charge >= 0.3 is 0 Å². The second-order valence-electron chi connectivity index (χ2n) is 8.31. The topological polar surface area (TPSA) is 18.5 Å². The number of rotatable bonds is 9. The molecule has 32 heavy (non-hydrogen) atoms. The Morgan fingerprint density at radius 3 is 2.28 bits per heavy atom. The molecule has 2 nitrogen and oxygen atoms in total. The summed E-state index contributed by atoms with van der Waals surface area (Å²) in [6, 6.07) is 11.5. The predicted octanol–water partition coefficient (Wildman–Crippen LogP) is 5.79. The Kier molecular flexibility index (Phi) is 8.09. The molecule has 2 aromatic rings. The van der Waals surface area contributed by atoms with E-state index in [4.69, 9.17) is 9.47 Å². The van der Waals surface area contributed by atoms with Crippen LogP contribution in [0.1, 0.15) is 24.0 Å². The Morgan fingerprint density at radius 1 is 0.906 bits per heavy atom. The number of hydrogen-bond donors (Lipinski definition) is 0. The van der Waals surface area contributed by atoms with E-state index in [1.54, 1.807) is 13.2 Å². The highest BCUT2D eigenvalue weighted by Gasteiger charge is 2.19. The fourth-order valence-electron chi connectivity index (χ4n) is 4.26. The summed E-state index contributed by atoms with van der Waals surface area (Å²) in [5.41, 5.74) is 2.46. The van der Waals surface area contributed by atoms with Crippen LogP contribution in [0.2, 0.25) is 0 Å². The van der Waals surface area contributed by atoms with Gasteiger partial charge in [0.25, 0.3) is 0 Å². The zero-order valence-electron chi connectivity index (χ0n) is 18.5. The molecule has 0 saturated heterocycles. The van der Waals surface area contributed by atoms with Crippen LogP contribution in [0, 0.1) is 17.7 Å². The molecule has 4 rings (SSSR count). The third kappa shape index (κ3) is 6.06. The molecule has 0 heterocycles. The van der Waals surface area contributed by atoms with Crippen molar-refractivity contribution in [2.75, 3.05) is 13.9 Å². The van der Waals surface area contributed by atoms with Crippen molar-refractivity contribution in [1.29, 1.82) is 0 Å². The van der Waals surface area contributed by atoms with Crippen molar-refractivity contribution in [1.82, 2.24) is 0 Å². The maximum Gasteiger partial charge on any atom is 0.188 e. The SMILES string of the molecule is COCOc1c(CC2C=CC=CC2)cc(CC2C=CC=CC2)cc1Pc1ccccc1F. The highest BCUT2D eigenvalue weighted by atomic mass is 31.1. The zero-order valence-corrected chi connectivity index (χ0v) is 19.5. The van der Waals surface area contributed by atoms with Gasteiger partial charge in [-0.1, -0.05) is 81.5 Å². The third-order valence-corrected chi connectivity index (χ3v) is 7.12. The number of hydrogen-bond acceptors (Lipinski definition) is 2. The molecule has 0 fully saturated rings. The number of benzene rings is 2. The second-order valence-corrected chi connectivity index (χ2v) is 9.64. The Hall–Kier alpha value is -2.48. The van der Waals surface area contributed by atoms with Gasteiger partial charge in [-0.3, -0.25) is 0 Å². The fraction of sp³-hybridized carbons (Fsp3) is 0.286. The van der Waals surface area contributed by atoms with E-state index in [1.807, 2.05) is 12.1 Å². The van der Waals surface area contributed by atoms with Crippen LogP contribution in [0.4, 0.5) is 4.39 Å². The molecule has 0 aliphatic heterocycles. The normalized spacial score (nSPS) is 19.8. The Morgan fingerprint density at radius 2 is 1.62 bits per heavy atom. The molecule has 0 radical (unpaired) electrons. The third-order valence-electron chi connectivity index (χ3n) is 5.81. The van der Waals surface area contributed by atoms with Crippen molar-refractivity contribution in [2.45, 2.75) is 25.7 Å². The van der Waals surface area contributed by atoms with Gasteiger partial charge < -0.3 is 9.47 Å². The molecule has 2 aliphatic carbocycles. The molecule has 0 spiro atoms. The molecule has 0 aromatic heterocycles. The summed E-state index contributed by atoms with van der Waals surface area (Å²) in [6.07, 6.45) is 21.4. The average Bonchev–Trinajstić information content (AvgIpc) is 2.81. The van der Waals surface area contributed by atoms with Crippen LogP contribution in [0.5, 0.6) is 5.75 Å². The van der Waals surface area contributed by atoms with Gasteiger partial charge in [0.1, 0.15) is 11.6 Å². The van der Waals surface area contributed by atoms with Gasteiger partial charge in [-0.15, -0.1) is 0 Å². The van der Waals surface area contributed by atoms with Crippen molar-refractivity contribution in [3.05, 3.63) is 102 Å². The molecule has 0 bridgehead atoms. The summed E-state index contributed by atoms with van der Waals surface area (Å²) in [6.45, 7) is 0.178. The molecule has 0 N–H and O–H groups in total. The number of halogens is 1. The van der Waals surface area contributed by atoms with Gasteiger partial charge in [0.05, 0.1) is 0 Å². The van der Waals surface area contributed by atoms with Gasteiger partial charge in [-0.2, -0.15) is 0 Å². The van der Waals surface area contributed by atoms with Gasteiger partial charge in [-0.05, 0) is 60.8 Å². The van der Waals surface area contributed by atoms with Crippen molar-refractivity contribution in [3.8, 4) is 5.75 Å². The van der Waals surface area contributed by atoms with E-state index in [0.717, 1.165) is 36.7 Å². The van der Waals surface area contributed by atoms with Crippen molar-refractivity contribution < 1.29 is 13.9 Å². The second kappa shape index (κ2) is 11.4. The summed E-state index contributed by atoms with van der Waals surface area (Å²) in [4.78, 5) is 0. The molecule has 3 unspecified atom stereocenters. The average molecular weight is 449 g/mol. The summed E-state index contributed by atoms with van der Waals surface area (Å²) in [5, 5.41) is 1.75. The van der Waals surface area contributed by atoms with E-state index in [-0.39, 0.29) is 21.2 Å². The highest BCUT2D eigenvalue weighted by Crippen LogP contribution is 2.31. The standard InChI is InChI=1S/C28H30FO2P/c1-30-20-31-28-24(17-22-12-6-3-7-13-22)18-23(16-21-10-4-2-5-11-21)19-27(28)32-26-15-9-8-14-25(26)29/h2-10,12,14-15,18-19,21-22,32H,11,13,16-17,20H2,1H3. The summed E-state index contributed by atoms with van der Waals surface area (Å²) >= 11 is 0. The van der Waals surface area contributed by atoms with Crippen molar-refractivity contribution >= 4 is 19.2 Å². The minimum Gasteiger partial charge on any atom is -0.467 e. The molecule has 0 amide bonds. The summed E-state index contributed by atoms with van der Waals surface area (Å²) < 4.78 is 25.9. The van der Waals surface area contributed by atoms with E-state index in [2.05, 4.69) is 60.7 Å². The van der Waals surface area contributed by atoms with E-state index >= 15 is 0 Å². The molecule has 0 saturated carbocycles. The largest absolute Gasteiger partial charge is 0.467 e. The molecule has 2 aliphatic rings. The maximum atomic E-state index is 14.5. The predicted molar refractivity (Wildman–Crippen MR) is 133 cm³/mol. The highest BCUT2D eigenvalue weighted by molar-refractivity contribution is 7.55. The van der Waals surface area contributed by atoms with E-state index in [1.165, 1.54) is 17.2 Å².